The number of amides is 1. The Labute approximate surface area is 220 Å². The van der Waals surface area contributed by atoms with Crippen molar-refractivity contribution in [1.82, 2.24) is 5.32 Å². The Morgan fingerprint density at radius 3 is 2.68 bits per heavy atom. The smallest absolute Gasteiger partial charge is 0.328 e. The molecule has 2 heterocycles. The third-order valence-electron chi connectivity index (χ3n) is 5.62. The van der Waals surface area contributed by atoms with Crippen LogP contribution in [-0.4, -0.2) is 55.3 Å². The standard InChI is InChI=1S/C28H31NO7S/c1-18(2)35-28(31)24(11-13-37-3)29-27(30)22-9-8-20(14-23(22)19-10-12-32-15-19)33-16-21-17-34-25-6-4-5-7-26(25)36-21/h4-10,12,14-15,18,21,24H,11,13,16-17H2,1-3H3,(H,29,30)/t21?,24-/m0/s1. The quantitative estimate of drug-likeness (QED) is 0.351. The van der Waals surface area contributed by atoms with Crippen LogP contribution >= 0.6 is 11.8 Å². The summed E-state index contributed by atoms with van der Waals surface area (Å²) in [6.07, 6.45) is 4.96. The van der Waals surface area contributed by atoms with Gasteiger partial charge in [0.15, 0.2) is 17.6 Å². The maximum absolute atomic E-state index is 13.3. The van der Waals surface area contributed by atoms with Crippen molar-refractivity contribution in [3.05, 3.63) is 66.6 Å². The highest BCUT2D eigenvalue weighted by Crippen LogP contribution is 2.32. The number of thioether (sulfide) groups is 1. The summed E-state index contributed by atoms with van der Waals surface area (Å²) in [5, 5.41) is 2.85. The van der Waals surface area contributed by atoms with E-state index in [1.165, 1.54) is 6.26 Å². The minimum absolute atomic E-state index is 0.266. The van der Waals surface area contributed by atoms with Crippen LogP contribution in [-0.2, 0) is 9.53 Å². The van der Waals surface area contributed by atoms with E-state index in [-0.39, 0.29) is 24.7 Å². The molecule has 0 radical (unpaired) electrons. The molecule has 0 saturated heterocycles. The van der Waals surface area contributed by atoms with Crippen LogP contribution in [0.4, 0.5) is 0 Å². The molecule has 9 heteroatoms. The van der Waals surface area contributed by atoms with Crippen LogP contribution in [0.1, 0.15) is 30.6 Å². The molecule has 196 valence electrons. The van der Waals surface area contributed by atoms with Crippen molar-refractivity contribution in [1.29, 1.82) is 0 Å². The van der Waals surface area contributed by atoms with Gasteiger partial charge in [-0.1, -0.05) is 12.1 Å². The number of para-hydroxylation sites is 2. The van der Waals surface area contributed by atoms with E-state index in [4.69, 9.17) is 23.4 Å². The molecule has 0 spiro atoms. The third kappa shape index (κ3) is 7.01. The first-order valence-corrected chi connectivity index (χ1v) is 13.5. The number of ether oxygens (including phenoxy) is 4. The maximum Gasteiger partial charge on any atom is 0.328 e. The van der Waals surface area contributed by atoms with Gasteiger partial charge in [0.05, 0.1) is 18.6 Å². The van der Waals surface area contributed by atoms with E-state index in [1.807, 2.05) is 30.5 Å². The lowest BCUT2D eigenvalue weighted by Crippen LogP contribution is -2.43. The minimum atomic E-state index is -0.748. The van der Waals surface area contributed by atoms with Crippen LogP contribution in [0.3, 0.4) is 0 Å². The highest BCUT2D eigenvalue weighted by Gasteiger charge is 2.26. The number of carbonyl (C=O) groups is 2. The number of fused-ring (bicyclic) bond motifs is 1. The summed E-state index contributed by atoms with van der Waals surface area (Å²) in [4.78, 5) is 25.9. The molecule has 0 fully saturated rings. The fourth-order valence-corrected chi connectivity index (χ4v) is 4.31. The number of rotatable bonds is 11. The van der Waals surface area contributed by atoms with E-state index in [0.29, 0.717) is 52.7 Å². The van der Waals surface area contributed by atoms with Crippen molar-refractivity contribution in [2.24, 2.45) is 0 Å². The van der Waals surface area contributed by atoms with Crippen molar-refractivity contribution in [2.45, 2.75) is 38.5 Å². The number of benzene rings is 2. The summed E-state index contributed by atoms with van der Waals surface area (Å²) in [7, 11) is 0. The second-order valence-corrected chi connectivity index (χ2v) is 9.81. The van der Waals surface area contributed by atoms with E-state index >= 15 is 0 Å². The van der Waals surface area contributed by atoms with E-state index in [9.17, 15) is 9.59 Å². The number of nitrogens with one attached hydrogen (secondary N) is 1. The van der Waals surface area contributed by atoms with E-state index < -0.39 is 12.0 Å². The van der Waals surface area contributed by atoms with Gasteiger partial charge in [-0.05, 0) is 68.7 Å². The van der Waals surface area contributed by atoms with Gasteiger partial charge in [0.25, 0.3) is 5.91 Å². The molecule has 0 aliphatic carbocycles. The number of esters is 1. The summed E-state index contributed by atoms with van der Waals surface area (Å²) in [5.41, 5.74) is 1.73. The zero-order valence-electron chi connectivity index (χ0n) is 21.1. The summed E-state index contributed by atoms with van der Waals surface area (Å²) in [6.45, 7) is 4.20. The lowest BCUT2D eigenvalue weighted by Gasteiger charge is -2.26. The van der Waals surface area contributed by atoms with Gasteiger partial charge < -0.3 is 28.7 Å². The van der Waals surface area contributed by atoms with Gasteiger partial charge in [-0.2, -0.15) is 11.8 Å². The second kappa shape index (κ2) is 12.6. The molecule has 0 bridgehead atoms. The van der Waals surface area contributed by atoms with Crippen LogP contribution in [0.25, 0.3) is 11.1 Å². The molecule has 1 aliphatic heterocycles. The maximum atomic E-state index is 13.3. The molecule has 4 rings (SSSR count). The highest BCUT2D eigenvalue weighted by atomic mass is 32.2. The van der Waals surface area contributed by atoms with E-state index in [2.05, 4.69) is 5.32 Å². The van der Waals surface area contributed by atoms with Crippen LogP contribution < -0.4 is 19.5 Å². The van der Waals surface area contributed by atoms with Gasteiger partial charge in [-0.15, -0.1) is 0 Å². The molecule has 2 atom stereocenters. The largest absolute Gasteiger partial charge is 0.490 e. The SMILES string of the molecule is CSCC[C@H](NC(=O)c1ccc(OCC2COc3ccccc3O2)cc1-c1ccoc1)C(=O)OC(C)C. The fraction of sp³-hybridized carbons (Fsp3) is 0.357. The van der Waals surface area contributed by atoms with Crippen LogP contribution in [0.5, 0.6) is 17.2 Å². The fourth-order valence-electron chi connectivity index (χ4n) is 3.84. The zero-order valence-corrected chi connectivity index (χ0v) is 21.9. The average molecular weight is 526 g/mol. The molecule has 0 saturated carbocycles. The molecule has 1 aliphatic rings. The van der Waals surface area contributed by atoms with Gasteiger partial charge in [0, 0.05) is 16.7 Å². The topological polar surface area (TPSA) is 96.2 Å². The molecule has 1 amide bonds. The Balaban J connectivity index is 1.49. The first-order chi connectivity index (χ1) is 17.9. The van der Waals surface area contributed by atoms with Crippen molar-refractivity contribution >= 4 is 23.6 Å². The van der Waals surface area contributed by atoms with Gasteiger partial charge in [0.1, 0.15) is 25.0 Å². The summed E-state index contributed by atoms with van der Waals surface area (Å²) < 4.78 is 28.4. The Kier molecular flexibility index (Phi) is 9.00. The Bertz CT molecular complexity index is 1200. The normalized spacial score (nSPS) is 15.2. The Morgan fingerprint density at radius 2 is 1.95 bits per heavy atom. The predicted octanol–water partition coefficient (Wildman–Crippen LogP) is 4.97. The van der Waals surface area contributed by atoms with Crippen molar-refractivity contribution < 1.29 is 33.0 Å². The molecule has 3 aromatic rings. The molecule has 37 heavy (non-hydrogen) atoms. The molecular weight excluding hydrogens is 494 g/mol. The summed E-state index contributed by atoms with van der Waals surface area (Å²) in [5.74, 6) is 1.84. The first kappa shape index (κ1) is 26.5. The van der Waals surface area contributed by atoms with Gasteiger partial charge in [-0.25, -0.2) is 4.79 Å². The lowest BCUT2D eigenvalue weighted by molar-refractivity contribution is -0.149. The number of carbonyl (C=O) groups excluding carboxylic acids is 2. The van der Waals surface area contributed by atoms with E-state index in [0.717, 1.165) is 0 Å². The second-order valence-electron chi connectivity index (χ2n) is 8.82. The van der Waals surface area contributed by atoms with Crippen molar-refractivity contribution in [3.8, 4) is 28.4 Å². The predicted molar refractivity (Wildman–Crippen MR) is 141 cm³/mol. The monoisotopic (exact) mass is 525 g/mol. The van der Waals surface area contributed by atoms with Gasteiger partial charge in [0.2, 0.25) is 0 Å². The van der Waals surface area contributed by atoms with Crippen LogP contribution in [0.15, 0.2) is 65.5 Å². The number of hydrogen-bond acceptors (Lipinski definition) is 8. The summed E-state index contributed by atoms with van der Waals surface area (Å²) >= 11 is 1.60. The third-order valence-corrected chi connectivity index (χ3v) is 6.27. The number of hydrogen-bond donors (Lipinski definition) is 1. The highest BCUT2D eigenvalue weighted by molar-refractivity contribution is 7.98. The van der Waals surface area contributed by atoms with Crippen LogP contribution in [0, 0.1) is 0 Å². The molecule has 1 N–H and O–H groups in total. The van der Waals surface area contributed by atoms with Crippen molar-refractivity contribution in [3.63, 3.8) is 0 Å². The van der Waals surface area contributed by atoms with Gasteiger partial charge in [-0.3, -0.25) is 4.79 Å². The zero-order chi connectivity index (χ0) is 26.2. The average Bonchev–Trinajstić information content (AvgIpc) is 3.44. The molecule has 2 aromatic carbocycles. The lowest BCUT2D eigenvalue weighted by atomic mass is 10.0. The molecule has 1 aromatic heterocycles. The van der Waals surface area contributed by atoms with E-state index in [1.54, 1.807) is 56.1 Å². The van der Waals surface area contributed by atoms with Crippen molar-refractivity contribution in [2.75, 3.05) is 25.2 Å². The van der Waals surface area contributed by atoms with Gasteiger partial charge >= 0.3 is 5.97 Å². The molecular formula is C28H31NO7S. The Hall–Kier alpha value is -3.59. The summed E-state index contributed by atoms with van der Waals surface area (Å²) in [6, 6.07) is 13.7. The first-order valence-electron chi connectivity index (χ1n) is 12.1. The Morgan fingerprint density at radius 1 is 1.14 bits per heavy atom. The molecule has 8 nitrogen and oxygen atoms in total. The van der Waals surface area contributed by atoms with Crippen LogP contribution in [0.2, 0.25) is 0 Å². The minimum Gasteiger partial charge on any atom is -0.490 e. The molecule has 1 unspecified atom stereocenters. The number of furan rings is 1.